The van der Waals surface area contributed by atoms with E-state index in [-0.39, 0.29) is 17.2 Å². The highest BCUT2D eigenvalue weighted by molar-refractivity contribution is 9.10. The molecule has 30 heavy (non-hydrogen) atoms. The lowest BCUT2D eigenvalue weighted by molar-refractivity contribution is -0.128. The number of hydrogen-bond donors (Lipinski definition) is 0. The predicted octanol–water partition coefficient (Wildman–Crippen LogP) is 4.20. The zero-order valence-corrected chi connectivity index (χ0v) is 19.8. The van der Waals surface area contributed by atoms with Gasteiger partial charge in [-0.15, -0.1) is 0 Å². The van der Waals surface area contributed by atoms with E-state index in [9.17, 15) is 9.59 Å². The molecule has 2 aliphatic rings. The second kappa shape index (κ2) is 8.67. The van der Waals surface area contributed by atoms with Crippen LogP contribution in [0.1, 0.15) is 47.9 Å². The van der Waals surface area contributed by atoms with Crippen LogP contribution in [-0.2, 0) is 11.3 Å². The van der Waals surface area contributed by atoms with E-state index in [2.05, 4.69) is 21.0 Å². The van der Waals surface area contributed by atoms with E-state index >= 15 is 0 Å². The summed E-state index contributed by atoms with van der Waals surface area (Å²) in [4.78, 5) is 29.7. The summed E-state index contributed by atoms with van der Waals surface area (Å²) in [5.74, 6) is 0.131. The van der Waals surface area contributed by atoms with E-state index in [1.54, 1.807) is 22.1 Å². The van der Waals surface area contributed by atoms with Crippen LogP contribution in [0.5, 0.6) is 0 Å². The third-order valence-corrected chi connectivity index (χ3v) is 8.03. The Balaban J connectivity index is 1.37. The minimum atomic E-state index is 0.0541. The molecule has 0 N–H and O–H groups in total. The van der Waals surface area contributed by atoms with Crippen LogP contribution in [0.3, 0.4) is 0 Å². The van der Waals surface area contributed by atoms with Gasteiger partial charge in [-0.25, -0.2) is 0 Å². The Morgan fingerprint density at radius 1 is 1.23 bits per heavy atom. The van der Waals surface area contributed by atoms with Crippen LogP contribution in [0.25, 0.3) is 6.08 Å². The molecule has 160 valence electrons. The second-order valence-corrected chi connectivity index (χ2v) is 9.83. The standard InChI is InChI=1S/C22H27BrN4O2S/c1-3-27-20(19(23)16(2)24-27)21(29)26-12-9-22(15-26)7-10-25(11-8-22)18(28)5-4-17-6-13-30-14-17/h4-6,13-14H,3,7-12,15H2,1-2H3. The fraction of sp³-hybridized carbons (Fsp3) is 0.500. The predicted molar refractivity (Wildman–Crippen MR) is 122 cm³/mol. The van der Waals surface area contributed by atoms with Crippen LogP contribution in [0.15, 0.2) is 27.4 Å². The first-order chi connectivity index (χ1) is 14.4. The van der Waals surface area contributed by atoms with Crippen molar-refractivity contribution in [3.63, 3.8) is 0 Å². The summed E-state index contributed by atoms with van der Waals surface area (Å²) in [5, 5.41) is 8.50. The van der Waals surface area contributed by atoms with Crippen molar-refractivity contribution in [1.29, 1.82) is 0 Å². The van der Waals surface area contributed by atoms with Gasteiger partial charge in [0.15, 0.2) is 0 Å². The molecule has 8 heteroatoms. The highest BCUT2D eigenvalue weighted by Gasteiger charge is 2.43. The van der Waals surface area contributed by atoms with Crippen molar-refractivity contribution < 1.29 is 9.59 Å². The molecule has 1 spiro atoms. The molecule has 0 bridgehead atoms. The van der Waals surface area contributed by atoms with Crippen LogP contribution in [0.4, 0.5) is 0 Å². The van der Waals surface area contributed by atoms with E-state index in [4.69, 9.17) is 0 Å². The van der Waals surface area contributed by atoms with Gasteiger partial charge in [-0.05, 0) is 82.9 Å². The summed E-state index contributed by atoms with van der Waals surface area (Å²) in [6, 6.07) is 2.01. The Morgan fingerprint density at radius 3 is 2.57 bits per heavy atom. The number of carbonyl (C=O) groups excluding carboxylic acids is 2. The lowest BCUT2D eigenvalue weighted by atomic mass is 9.78. The van der Waals surface area contributed by atoms with Gasteiger partial charge in [0.2, 0.25) is 5.91 Å². The molecule has 4 heterocycles. The molecule has 0 aliphatic carbocycles. The molecule has 2 saturated heterocycles. The number of rotatable bonds is 4. The van der Waals surface area contributed by atoms with Crippen molar-refractivity contribution in [3.8, 4) is 0 Å². The number of aromatic nitrogens is 2. The SMILES string of the molecule is CCn1nc(C)c(Br)c1C(=O)N1CCC2(CCN(C(=O)C=Cc3ccsc3)CC2)C1. The zero-order valence-electron chi connectivity index (χ0n) is 17.4. The van der Waals surface area contributed by atoms with E-state index in [1.165, 1.54) is 0 Å². The van der Waals surface area contributed by atoms with Crippen LogP contribution in [-0.4, -0.2) is 57.6 Å². The van der Waals surface area contributed by atoms with Gasteiger partial charge in [0.05, 0.1) is 10.2 Å². The summed E-state index contributed by atoms with van der Waals surface area (Å²) in [6.45, 7) is 7.63. The highest BCUT2D eigenvalue weighted by atomic mass is 79.9. The molecule has 2 aliphatic heterocycles. The van der Waals surface area contributed by atoms with Gasteiger partial charge < -0.3 is 9.80 Å². The molecule has 2 aromatic rings. The largest absolute Gasteiger partial charge is 0.339 e. The molecule has 2 amide bonds. The summed E-state index contributed by atoms with van der Waals surface area (Å²) in [6.07, 6.45) is 6.46. The topological polar surface area (TPSA) is 58.4 Å². The smallest absolute Gasteiger partial charge is 0.273 e. The molecular formula is C22H27BrN4O2S. The van der Waals surface area contributed by atoms with E-state index < -0.39 is 0 Å². The summed E-state index contributed by atoms with van der Waals surface area (Å²) < 4.78 is 2.58. The first kappa shape index (κ1) is 21.3. The molecule has 0 unspecified atom stereocenters. The first-order valence-corrected chi connectivity index (χ1v) is 12.2. The molecular weight excluding hydrogens is 464 g/mol. The van der Waals surface area contributed by atoms with Crippen LogP contribution in [0, 0.1) is 12.3 Å². The fourth-order valence-electron chi connectivity index (χ4n) is 4.50. The maximum atomic E-state index is 13.2. The summed E-state index contributed by atoms with van der Waals surface area (Å²) in [5.41, 5.74) is 2.69. The lowest BCUT2D eigenvalue weighted by Crippen LogP contribution is -2.44. The first-order valence-electron chi connectivity index (χ1n) is 10.4. The number of halogens is 1. The van der Waals surface area contributed by atoms with Gasteiger partial charge in [-0.3, -0.25) is 14.3 Å². The van der Waals surface area contributed by atoms with Gasteiger partial charge in [0.1, 0.15) is 5.69 Å². The van der Waals surface area contributed by atoms with E-state index in [1.807, 2.05) is 46.5 Å². The van der Waals surface area contributed by atoms with Crippen molar-refractivity contribution >= 4 is 45.2 Å². The van der Waals surface area contributed by atoms with Gasteiger partial charge in [0.25, 0.3) is 5.91 Å². The average molecular weight is 491 g/mol. The maximum Gasteiger partial charge on any atom is 0.273 e. The van der Waals surface area contributed by atoms with Crippen molar-refractivity contribution in [2.24, 2.45) is 5.41 Å². The summed E-state index contributed by atoms with van der Waals surface area (Å²) >= 11 is 5.18. The molecule has 0 atom stereocenters. The van der Waals surface area contributed by atoms with Gasteiger partial charge in [0, 0.05) is 38.8 Å². The number of hydrogen-bond acceptors (Lipinski definition) is 4. The van der Waals surface area contributed by atoms with E-state index in [0.29, 0.717) is 12.2 Å². The van der Waals surface area contributed by atoms with Gasteiger partial charge >= 0.3 is 0 Å². The fourth-order valence-corrected chi connectivity index (χ4v) is 5.59. The van der Waals surface area contributed by atoms with Crippen molar-refractivity contribution in [2.75, 3.05) is 26.2 Å². The number of piperidine rings is 1. The maximum absolute atomic E-state index is 13.2. The number of carbonyl (C=O) groups is 2. The number of aryl methyl sites for hydroxylation is 2. The van der Waals surface area contributed by atoms with Gasteiger partial charge in [-0.1, -0.05) is 0 Å². The lowest BCUT2D eigenvalue weighted by Gasteiger charge is -2.39. The van der Waals surface area contributed by atoms with Crippen LogP contribution < -0.4 is 0 Å². The second-order valence-electron chi connectivity index (χ2n) is 8.26. The van der Waals surface area contributed by atoms with Crippen molar-refractivity contribution in [2.45, 2.75) is 39.7 Å². The minimum Gasteiger partial charge on any atom is -0.339 e. The molecule has 0 aromatic carbocycles. The molecule has 2 aromatic heterocycles. The normalized spacial score (nSPS) is 18.6. The Labute approximate surface area is 189 Å². The number of amides is 2. The Hall–Kier alpha value is -1.93. The molecule has 0 radical (unpaired) electrons. The minimum absolute atomic E-state index is 0.0541. The highest BCUT2D eigenvalue weighted by Crippen LogP contribution is 2.41. The van der Waals surface area contributed by atoms with E-state index in [0.717, 1.165) is 61.2 Å². The van der Waals surface area contributed by atoms with Gasteiger partial charge in [-0.2, -0.15) is 16.4 Å². The molecule has 6 nitrogen and oxygen atoms in total. The van der Waals surface area contributed by atoms with Crippen LogP contribution >= 0.6 is 27.3 Å². The number of thiophene rings is 1. The molecule has 0 saturated carbocycles. The third kappa shape index (κ3) is 4.12. The Kier molecular flexibility index (Phi) is 6.16. The Bertz CT molecular complexity index is 958. The molecule has 2 fully saturated rings. The quantitative estimate of drug-likeness (QED) is 0.603. The Morgan fingerprint density at radius 2 is 1.93 bits per heavy atom. The molecule has 4 rings (SSSR count). The zero-order chi connectivity index (χ0) is 21.3. The summed E-state index contributed by atoms with van der Waals surface area (Å²) in [7, 11) is 0. The van der Waals surface area contributed by atoms with Crippen LogP contribution in [0.2, 0.25) is 0 Å². The average Bonchev–Trinajstić information content (AvgIpc) is 3.47. The number of nitrogens with zero attached hydrogens (tertiary/aromatic N) is 4. The third-order valence-electron chi connectivity index (χ3n) is 6.38. The number of likely N-dealkylation sites (tertiary alicyclic amines) is 2. The van der Waals surface area contributed by atoms with Crippen molar-refractivity contribution in [1.82, 2.24) is 19.6 Å². The van der Waals surface area contributed by atoms with Crippen molar-refractivity contribution in [3.05, 3.63) is 44.3 Å². The monoisotopic (exact) mass is 490 g/mol.